The van der Waals surface area contributed by atoms with Gasteiger partial charge in [-0.1, -0.05) is 6.07 Å². The van der Waals surface area contributed by atoms with E-state index in [-0.39, 0.29) is 42.3 Å². The molecule has 1 aromatic carbocycles. The fraction of sp³-hybridized carbons (Fsp3) is 0.476. The van der Waals surface area contributed by atoms with E-state index in [4.69, 9.17) is 5.73 Å². The average molecular weight is 432 g/mol. The highest BCUT2D eigenvalue weighted by Gasteiger charge is 2.45. The van der Waals surface area contributed by atoms with E-state index in [1.165, 1.54) is 0 Å². The van der Waals surface area contributed by atoms with Crippen LogP contribution in [0.25, 0.3) is 0 Å². The molecule has 2 fully saturated rings. The van der Waals surface area contributed by atoms with Crippen LogP contribution in [0.4, 0.5) is 30.6 Å². The first kappa shape index (κ1) is 20.0. The van der Waals surface area contributed by atoms with Crippen LogP contribution in [-0.2, 0) is 11.0 Å². The lowest BCUT2D eigenvalue weighted by molar-refractivity contribution is -0.137. The molecule has 1 aromatic heterocycles. The SMILES string of the molecule is NCC(=O)N1C2CCC1c1cc(Nc3ncc(C(F)(F)F)c(NC4CCC4)n3)ccc12. The Labute approximate surface area is 177 Å². The van der Waals surface area contributed by atoms with Gasteiger partial charge in [-0.05, 0) is 55.4 Å². The lowest BCUT2D eigenvalue weighted by Gasteiger charge is -2.28. The molecule has 3 aliphatic rings. The van der Waals surface area contributed by atoms with Crippen LogP contribution in [0.5, 0.6) is 0 Å². The standard InChI is InChI=1S/C21H23F3N6O/c22-21(23,24)15-10-26-20(29-19(15)27-11-2-1-3-11)28-12-4-5-13-14(8-12)17-7-6-16(13)30(17)18(31)9-25/h4-5,8,10-11,16-17H,1-3,6-7,9,25H2,(H2,26,27,28,29). The molecule has 164 valence electrons. The molecule has 1 amide bonds. The van der Waals surface area contributed by atoms with E-state index >= 15 is 0 Å². The Morgan fingerprint density at radius 3 is 2.55 bits per heavy atom. The fourth-order valence-corrected chi connectivity index (χ4v) is 4.75. The number of carbonyl (C=O) groups is 1. The number of fused-ring (bicyclic) bond motifs is 5. The van der Waals surface area contributed by atoms with E-state index in [0.29, 0.717) is 5.69 Å². The highest BCUT2D eigenvalue weighted by molar-refractivity contribution is 5.81. The highest BCUT2D eigenvalue weighted by Crippen LogP contribution is 2.53. The molecule has 2 bridgehead atoms. The lowest BCUT2D eigenvalue weighted by Crippen LogP contribution is -2.33. The van der Waals surface area contributed by atoms with Crippen molar-refractivity contribution in [3.05, 3.63) is 41.1 Å². The number of anilines is 3. The molecule has 31 heavy (non-hydrogen) atoms. The Kier molecular flexibility index (Phi) is 4.76. The number of hydrogen-bond acceptors (Lipinski definition) is 6. The summed E-state index contributed by atoms with van der Waals surface area (Å²) in [5.41, 5.74) is 7.51. The number of halogens is 3. The molecule has 3 heterocycles. The van der Waals surface area contributed by atoms with Crippen molar-refractivity contribution >= 4 is 23.4 Å². The van der Waals surface area contributed by atoms with E-state index < -0.39 is 11.7 Å². The Balaban J connectivity index is 1.41. The Bertz CT molecular complexity index is 1020. The predicted octanol–water partition coefficient (Wildman–Crippen LogP) is 3.88. The lowest BCUT2D eigenvalue weighted by atomic mass is 9.91. The molecule has 2 unspecified atom stereocenters. The van der Waals surface area contributed by atoms with Gasteiger partial charge in [0.1, 0.15) is 11.4 Å². The van der Waals surface area contributed by atoms with Gasteiger partial charge in [0.05, 0.1) is 18.6 Å². The number of nitrogens with one attached hydrogen (secondary N) is 2. The molecular weight excluding hydrogens is 409 g/mol. The van der Waals surface area contributed by atoms with Crippen LogP contribution in [0, 0.1) is 0 Å². The van der Waals surface area contributed by atoms with Crippen LogP contribution >= 0.6 is 0 Å². The topological polar surface area (TPSA) is 96.2 Å². The number of alkyl halides is 3. The van der Waals surface area contributed by atoms with Crippen molar-refractivity contribution in [3.63, 3.8) is 0 Å². The first-order valence-electron chi connectivity index (χ1n) is 10.5. The molecule has 2 atom stereocenters. The number of amides is 1. The number of aromatic nitrogens is 2. The number of nitrogens with two attached hydrogens (primary N) is 1. The molecule has 2 aliphatic heterocycles. The highest BCUT2D eigenvalue weighted by atomic mass is 19.4. The zero-order chi connectivity index (χ0) is 21.8. The summed E-state index contributed by atoms with van der Waals surface area (Å²) in [5.74, 6) is -0.182. The molecule has 0 spiro atoms. The van der Waals surface area contributed by atoms with Gasteiger partial charge >= 0.3 is 6.18 Å². The van der Waals surface area contributed by atoms with Crippen LogP contribution in [0.3, 0.4) is 0 Å². The van der Waals surface area contributed by atoms with Crippen molar-refractivity contribution in [1.82, 2.24) is 14.9 Å². The van der Waals surface area contributed by atoms with Crippen molar-refractivity contribution in [2.75, 3.05) is 17.2 Å². The average Bonchev–Trinajstić information content (AvgIpc) is 3.26. The quantitative estimate of drug-likeness (QED) is 0.664. The minimum Gasteiger partial charge on any atom is -0.367 e. The summed E-state index contributed by atoms with van der Waals surface area (Å²) >= 11 is 0. The third kappa shape index (κ3) is 3.48. The molecule has 0 radical (unpaired) electrons. The van der Waals surface area contributed by atoms with E-state index in [9.17, 15) is 18.0 Å². The first-order valence-corrected chi connectivity index (χ1v) is 10.5. The van der Waals surface area contributed by atoms with Crippen molar-refractivity contribution in [1.29, 1.82) is 0 Å². The van der Waals surface area contributed by atoms with Gasteiger partial charge in [0.2, 0.25) is 11.9 Å². The number of nitrogens with zero attached hydrogens (tertiary/aromatic N) is 3. The maximum absolute atomic E-state index is 13.4. The predicted molar refractivity (Wildman–Crippen MR) is 109 cm³/mol. The second kappa shape index (κ2) is 7.37. The Hall–Kier alpha value is -2.88. The van der Waals surface area contributed by atoms with Gasteiger partial charge in [0, 0.05) is 17.9 Å². The summed E-state index contributed by atoms with van der Waals surface area (Å²) in [4.78, 5) is 22.1. The summed E-state index contributed by atoms with van der Waals surface area (Å²) in [6.45, 7) is -0.0255. The largest absolute Gasteiger partial charge is 0.421 e. The van der Waals surface area contributed by atoms with Gasteiger partial charge < -0.3 is 21.3 Å². The van der Waals surface area contributed by atoms with E-state index in [1.54, 1.807) is 0 Å². The monoisotopic (exact) mass is 432 g/mol. The summed E-state index contributed by atoms with van der Waals surface area (Å²) in [5, 5.41) is 5.92. The van der Waals surface area contributed by atoms with Crippen LogP contribution < -0.4 is 16.4 Å². The van der Waals surface area contributed by atoms with Gasteiger partial charge in [-0.25, -0.2) is 4.98 Å². The van der Waals surface area contributed by atoms with E-state index in [0.717, 1.165) is 49.4 Å². The normalized spacial score (nSPS) is 22.3. The molecule has 1 saturated heterocycles. The molecule has 4 N–H and O–H groups in total. The number of rotatable bonds is 5. The minimum atomic E-state index is -4.53. The molecule has 1 aliphatic carbocycles. The van der Waals surface area contributed by atoms with Gasteiger partial charge in [-0.15, -0.1) is 0 Å². The maximum Gasteiger partial charge on any atom is 0.421 e. The zero-order valence-corrected chi connectivity index (χ0v) is 16.7. The molecular formula is C21H23F3N6O. The molecule has 5 rings (SSSR count). The second-order valence-electron chi connectivity index (χ2n) is 8.31. The van der Waals surface area contributed by atoms with Gasteiger partial charge in [-0.3, -0.25) is 4.79 Å². The van der Waals surface area contributed by atoms with Crippen LogP contribution in [0.15, 0.2) is 24.4 Å². The van der Waals surface area contributed by atoms with Gasteiger partial charge in [-0.2, -0.15) is 18.2 Å². The number of hydrogen-bond donors (Lipinski definition) is 3. The van der Waals surface area contributed by atoms with Crippen molar-refractivity contribution < 1.29 is 18.0 Å². The first-order chi connectivity index (χ1) is 14.8. The minimum absolute atomic E-state index is 0.00506. The van der Waals surface area contributed by atoms with Crippen molar-refractivity contribution in [2.24, 2.45) is 5.73 Å². The summed E-state index contributed by atoms with van der Waals surface area (Å²) in [7, 11) is 0. The van der Waals surface area contributed by atoms with Gasteiger partial charge in [0.15, 0.2) is 0 Å². The maximum atomic E-state index is 13.4. The number of carbonyl (C=O) groups excluding carboxylic acids is 1. The Morgan fingerprint density at radius 2 is 1.90 bits per heavy atom. The zero-order valence-electron chi connectivity index (χ0n) is 16.7. The van der Waals surface area contributed by atoms with E-state index in [2.05, 4.69) is 20.6 Å². The van der Waals surface area contributed by atoms with Crippen LogP contribution in [0.2, 0.25) is 0 Å². The number of benzene rings is 1. The summed E-state index contributed by atoms with van der Waals surface area (Å²) in [6, 6.07) is 5.76. The molecule has 1 saturated carbocycles. The molecule has 7 nitrogen and oxygen atoms in total. The van der Waals surface area contributed by atoms with Crippen LogP contribution in [0.1, 0.15) is 60.9 Å². The van der Waals surface area contributed by atoms with Gasteiger partial charge in [0.25, 0.3) is 0 Å². The molecule has 10 heteroatoms. The molecule has 2 aromatic rings. The van der Waals surface area contributed by atoms with Crippen molar-refractivity contribution in [2.45, 2.75) is 56.4 Å². The summed E-state index contributed by atoms with van der Waals surface area (Å²) in [6.07, 6.45) is 0.721. The van der Waals surface area contributed by atoms with Crippen LogP contribution in [-0.4, -0.2) is 33.4 Å². The summed E-state index contributed by atoms with van der Waals surface area (Å²) < 4.78 is 40.1. The third-order valence-electron chi connectivity index (χ3n) is 6.45. The van der Waals surface area contributed by atoms with Crippen molar-refractivity contribution in [3.8, 4) is 0 Å². The fourth-order valence-electron chi connectivity index (χ4n) is 4.75. The Morgan fingerprint density at radius 1 is 1.16 bits per heavy atom. The van der Waals surface area contributed by atoms with E-state index in [1.807, 2.05) is 23.1 Å². The smallest absolute Gasteiger partial charge is 0.367 e. The second-order valence-corrected chi connectivity index (χ2v) is 8.31. The third-order valence-corrected chi connectivity index (χ3v) is 6.45.